The van der Waals surface area contributed by atoms with Crippen molar-refractivity contribution in [3.05, 3.63) is 42.2 Å². The van der Waals surface area contributed by atoms with Crippen molar-refractivity contribution < 1.29 is 14.3 Å². The van der Waals surface area contributed by atoms with E-state index in [1.54, 1.807) is 11.8 Å². The molecule has 2 amide bonds. The fraction of sp³-hybridized carbons (Fsp3) is 0.577. The Labute approximate surface area is 196 Å². The Hall–Kier alpha value is -2.83. The quantitative estimate of drug-likeness (QED) is 0.673. The highest BCUT2D eigenvalue weighted by Gasteiger charge is 2.44. The van der Waals surface area contributed by atoms with Crippen molar-refractivity contribution in [3.63, 3.8) is 0 Å². The van der Waals surface area contributed by atoms with Gasteiger partial charge in [-0.25, -0.2) is 4.79 Å². The number of carbonyl (C=O) groups excluding carboxylic acids is 2. The number of rotatable bonds is 5. The van der Waals surface area contributed by atoms with Crippen molar-refractivity contribution in [1.82, 2.24) is 19.6 Å². The maximum absolute atomic E-state index is 12.5. The van der Waals surface area contributed by atoms with Crippen molar-refractivity contribution in [2.24, 2.45) is 13.0 Å². The monoisotopic (exact) mass is 452 g/mol. The summed E-state index contributed by atoms with van der Waals surface area (Å²) in [5, 5.41) is 4.25. The van der Waals surface area contributed by atoms with Crippen LogP contribution >= 0.6 is 0 Å². The molecule has 1 aromatic heterocycles. The van der Waals surface area contributed by atoms with Crippen LogP contribution in [0.3, 0.4) is 0 Å². The molecule has 33 heavy (non-hydrogen) atoms. The Morgan fingerprint density at radius 2 is 1.79 bits per heavy atom. The third-order valence-electron chi connectivity index (χ3n) is 6.66. The molecule has 0 unspecified atom stereocenters. The molecule has 0 N–H and O–H groups in total. The first-order chi connectivity index (χ1) is 15.6. The maximum atomic E-state index is 12.5. The number of carbonyl (C=O) groups is 2. The van der Waals surface area contributed by atoms with Crippen molar-refractivity contribution in [2.75, 3.05) is 19.6 Å². The largest absolute Gasteiger partial charge is 0.444 e. The SMILES string of the molecule is CC(=O)N(CC1CCN(C(=O)OC(C)(C)C)CC1)[C@H]1C[C@@H]1c1ccc(-c2cnn(C)c2)cc1. The fourth-order valence-electron chi connectivity index (χ4n) is 4.78. The van der Waals surface area contributed by atoms with E-state index < -0.39 is 5.60 Å². The van der Waals surface area contributed by atoms with E-state index in [0.29, 0.717) is 24.9 Å². The van der Waals surface area contributed by atoms with Gasteiger partial charge in [-0.3, -0.25) is 9.48 Å². The molecular formula is C26H36N4O3. The van der Waals surface area contributed by atoms with Crippen molar-refractivity contribution in [2.45, 2.75) is 64.5 Å². The topological polar surface area (TPSA) is 67.7 Å². The molecule has 0 radical (unpaired) electrons. The van der Waals surface area contributed by atoms with Gasteiger partial charge in [-0.05, 0) is 57.1 Å². The molecule has 1 aromatic carbocycles. The fourth-order valence-corrected chi connectivity index (χ4v) is 4.78. The summed E-state index contributed by atoms with van der Waals surface area (Å²) < 4.78 is 7.31. The molecule has 7 heteroatoms. The number of hydrogen-bond acceptors (Lipinski definition) is 4. The van der Waals surface area contributed by atoms with Crippen LogP contribution in [0.1, 0.15) is 58.4 Å². The third-order valence-corrected chi connectivity index (χ3v) is 6.66. The van der Waals surface area contributed by atoms with E-state index in [1.807, 2.05) is 44.9 Å². The summed E-state index contributed by atoms with van der Waals surface area (Å²) in [5.41, 5.74) is 3.08. The Bertz CT molecular complexity index is 984. The van der Waals surface area contributed by atoms with Crippen LogP contribution in [0, 0.1) is 5.92 Å². The standard InChI is InChI=1S/C26H36N4O3/c1-18(31)30(16-19-10-12-29(13-11-19)25(32)33-26(2,3)4)24-14-23(24)21-8-6-20(7-9-21)22-15-27-28(5)17-22/h6-9,15,17,19,23-24H,10-14,16H2,1-5H3/t23-,24+/m1/s1. The number of nitrogens with zero attached hydrogens (tertiary/aromatic N) is 4. The van der Waals surface area contributed by atoms with Gasteiger partial charge in [0.2, 0.25) is 5.91 Å². The number of benzene rings is 1. The van der Waals surface area contributed by atoms with Crippen LogP contribution in [0.15, 0.2) is 36.7 Å². The van der Waals surface area contributed by atoms with Crippen molar-refractivity contribution in [3.8, 4) is 11.1 Å². The molecule has 1 aliphatic heterocycles. The van der Waals surface area contributed by atoms with E-state index in [2.05, 4.69) is 34.3 Å². The number of amides is 2. The molecule has 1 saturated carbocycles. The highest BCUT2D eigenvalue weighted by atomic mass is 16.6. The van der Waals surface area contributed by atoms with Gasteiger partial charge in [0, 0.05) is 57.3 Å². The molecule has 0 bridgehead atoms. The van der Waals surface area contributed by atoms with Crippen LogP contribution in [-0.2, 0) is 16.6 Å². The lowest BCUT2D eigenvalue weighted by molar-refractivity contribution is -0.130. The summed E-state index contributed by atoms with van der Waals surface area (Å²) in [6.45, 7) is 9.50. The Morgan fingerprint density at radius 3 is 2.33 bits per heavy atom. The van der Waals surface area contributed by atoms with Crippen molar-refractivity contribution in [1.29, 1.82) is 0 Å². The Balaban J connectivity index is 1.31. The van der Waals surface area contributed by atoms with Gasteiger partial charge in [0.15, 0.2) is 0 Å². The van der Waals surface area contributed by atoms with Crippen LogP contribution in [0.2, 0.25) is 0 Å². The van der Waals surface area contributed by atoms with E-state index in [4.69, 9.17) is 4.74 Å². The van der Waals surface area contributed by atoms with Gasteiger partial charge in [0.25, 0.3) is 0 Å². The maximum Gasteiger partial charge on any atom is 0.410 e. The first-order valence-electron chi connectivity index (χ1n) is 11.9. The van der Waals surface area contributed by atoms with Crippen LogP contribution in [0.4, 0.5) is 4.79 Å². The number of likely N-dealkylation sites (tertiary alicyclic amines) is 1. The molecular weight excluding hydrogens is 416 g/mol. The lowest BCUT2D eigenvalue weighted by Gasteiger charge is -2.35. The van der Waals surface area contributed by atoms with Gasteiger partial charge < -0.3 is 14.5 Å². The zero-order chi connectivity index (χ0) is 23.8. The van der Waals surface area contributed by atoms with Gasteiger partial charge in [0.05, 0.1) is 6.20 Å². The summed E-state index contributed by atoms with van der Waals surface area (Å²) in [6.07, 6.45) is 6.48. The van der Waals surface area contributed by atoms with Gasteiger partial charge in [-0.1, -0.05) is 24.3 Å². The summed E-state index contributed by atoms with van der Waals surface area (Å²) in [4.78, 5) is 28.7. The third kappa shape index (κ3) is 5.75. The summed E-state index contributed by atoms with van der Waals surface area (Å²) >= 11 is 0. The number of piperidine rings is 1. The Morgan fingerprint density at radius 1 is 1.12 bits per heavy atom. The van der Waals surface area contributed by atoms with Crippen LogP contribution < -0.4 is 0 Å². The van der Waals surface area contributed by atoms with E-state index in [0.717, 1.165) is 36.9 Å². The Kier molecular flexibility index (Phi) is 6.50. The predicted octanol–water partition coefficient (Wildman–Crippen LogP) is 4.44. The molecule has 2 aromatic rings. The molecule has 0 spiro atoms. The van der Waals surface area contributed by atoms with E-state index >= 15 is 0 Å². The lowest BCUT2D eigenvalue weighted by atomic mass is 9.96. The molecule has 2 aliphatic rings. The normalized spacial score (nSPS) is 21.1. The molecule has 2 fully saturated rings. The smallest absolute Gasteiger partial charge is 0.410 e. The van der Waals surface area contributed by atoms with Crippen molar-refractivity contribution >= 4 is 12.0 Å². The molecule has 1 aliphatic carbocycles. The lowest BCUT2D eigenvalue weighted by Crippen LogP contribution is -2.44. The minimum Gasteiger partial charge on any atom is -0.444 e. The van der Waals surface area contributed by atoms with Crippen LogP contribution in [0.25, 0.3) is 11.1 Å². The first-order valence-corrected chi connectivity index (χ1v) is 11.9. The first kappa shape index (κ1) is 23.3. The average molecular weight is 453 g/mol. The molecule has 2 heterocycles. The van der Waals surface area contributed by atoms with Gasteiger partial charge >= 0.3 is 6.09 Å². The average Bonchev–Trinajstić information content (AvgIpc) is 3.43. The molecule has 1 saturated heterocycles. The number of ether oxygens (including phenoxy) is 1. The minimum absolute atomic E-state index is 0.143. The van der Waals surface area contributed by atoms with E-state index in [1.165, 1.54) is 5.56 Å². The van der Waals surface area contributed by atoms with E-state index in [-0.39, 0.29) is 18.0 Å². The second-order valence-electron chi connectivity index (χ2n) is 10.5. The van der Waals surface area contributed by atoms with Crippen LogP contribution in [0.5, 0.6) is 0 Å². The summed E-state index contributed by atoms with van der Waals surface area (Å²) in [5.74, 6) is 0.963. The highest BCUT2D eigenvalue weighted by molar-refractivity contribution is 5.74. The second-order valence-corrected chi connectivity index (χ2v) is 10.5. The van der Waals surface area contributed by atoms with Gasteiger partial charge in [-0.2, -0.15) is 5.10 Å². The van der Waals surface area contributed by atoms with Crippen LogP contribution in [-0.4, -0.2) is 62.9 Å². The second kappa shape index (κ2) is 9.20. The number of aryl methyl sites for hydroxylation is 1. The van der Waals surface area contributed by atoms with Gasteiger partial charge in [0.1, 0.15) is 5.60 Å². The number of hydrogen-bond donors (Lipinski definition) is 0. The molecule has 7 nitrogen and oxygen atoms in total. The summed E-state index contributed by atoms with van der Waals surface area (Å²) in [7, 11) is 1.92. The molecule has 2 atom stereocenters. The highest BCUT2D eigenvalue weighted by Crippen LogP contribution is 2.45. The zero-order valence-corrected chi connectivity index (χ0v) is 20.5. The minimum atomic E-state index is -0.476. The van der Waals surface area contributed by atoms with Gasteiger partial charge in [-0.15, -0.1) is 0 Å². The molecule has 178 valence electrons. The van der Waals surface area contributed by atoms with E-state index in [9.17, 15) is 9.59 Å². The molecule has 4 rings (SSSR count). The zero-order valence-electron chi connectivity index (χ0n) is 20.5. The number of aromatic nitrogens is 2. The summed E-state index contributed by atoms with van der Waals surface area (Å²) in [6, 6.07) is 8.93. The predicted molar refractivity (Wildman–Crippen MR) is 128 cm³/mol.